The average Bonchev–Trinajstić information content (AvgIpc) is 3.12. The van der Waals surface area contributed by atoms with Crippen LogP contribution < -0.4 is 10.1 Å². The molecule has 0 radical (unpaired) electrons. The third-order valence-corrected chi connectivity index (χ3v) is 5.64. The van der Waals surface area contributed by atoms with Crippen LogP contribution in [0.15, 0.2) is 82.7 Å². The Morgan fingerprint density at radius 2 is 1.84 bits per heavy atom. The molecule has 1 amide bonds. The molecule has 1 aliphatic rings. The van der Waals surface area contributed by atoms with Gasteiger partial charge in [-0.05, 0) is 65.9 Å². The monoisotopic (exact) mass is 464 g/mol. The molecule has 0 spiro atoms. The van der Waals surface area contributed by atoms with Crippen molar-refractivity contribution in [3.05, 3.63) is 99.4 Å². The van der Waals surface area contributed by atoms with Gasteiger partial charge in [0.2, 0.25) is 0 Å². The van der Waals surface area contributed by atoms with Gasteiger partial charge in [-0.25, -0.2) is 9.79 Å². The number of benzene rings is 3. The van der Waals surface area contributed by atoms with Gasteiger partial charge >= 0.3 is 5.97 Å². The first-order chi connectivity index (χ1) is 15.5. The number of amides is 1. The zero-order valence-electron chi connectivity index (χ0n) is 16.6. The van der Waals surface area contributed by atoms with E-state index < -0.39 is 5.97 Å². The fraction of sp³-hybridized carbons (Fsp3) is 0.0417. The Morgan fingerprint density at radius 3 is 2.56 bits per heavy atom. The third kappa shape index (κ3) is 5.38. The number of rotatable bonds is 6. The lowest BCUT2D eigenvalue weighted by Gasteiger charge is -2.10. The summed E-state index contributed by atoms with van der Waals surface area (Å²) in [6.45, 7) is 0.234. The second-order valence-electron chi connectivity index (χ2n) is 6.79. The summed E-state index contributed by atoms with van der Waals surface area (Å²) < 4.78 is 5.92. The van der Waals surface area contributed by atoms with Gasteiger partial charge in [-0.3, -0.25) is 4.79 Å². The molecule has 6 nitrogen and oxygen atoms in total. The van der Waals surface area contributed by atoms with Crippen LogP contribution in [0.1, 0.15) is 21.5 Å². The maximum atomic E-state index is 12.4. The van der Waals surface area contributed by atoms with Crippen molar-refractivity contribution < 1.29 is 19.4 Å². The summed E-state index contributed by atoms with van der Waals surface area (Å²) in [6, 6.07) is 21.0. The van der Waals surface area contributed by atoms with Crippen molar-refractivity contribution in [2.75, 3.05) is 0 Å². The Hall–Kier alpha value is -3.55. The summed E-state index contributed by atoms with van der Waals surface area (Å²) >= 11 is 7.41. The molecule has 0 bridgehead atoms. The van der Waals surface area contributed by atoms with E-state index in [2.05, 4.69) is 10.3 Å². The van der Waals surface area contributed by atoms with E-state index >= 15 is 0 Å². The summed E-state index contributed by atoms with van der Waals surface area (Å²) in [5, 5.41) is 12.8. The Labute approximate surface area is 193 Å². The van der Waals surface area contributed by atoms with Crippen molar-refractivity contribution in [1.29, 1.82) is 0 Å². The zero-order valence-corrected chi connectivity index (χ0v) is 18.2. The number of nitrogens with zero attached hydrogens (tertiary/aromatic N) is 1. The standard InChI is InChI=1S/C24H17ClN2O4S/c25-18-10-11-20(31-14-15-6-8-16(9-7-15)23(29)30)17(12-18)13-21-22(28)27-24(32-21)26-19-4-2-1-3-5-19/h1-13H,14H2,(H,29,30)(H,26,27,28). The van der Waals surface area contributed by atoms with Gasteiger partial charge in [0.05, 0.1) is 16.2 Å². The number of nitrogens with one attached hydrogen (secondary N) is 1. The van der Waals surface area contributed by atoms with Gasteiger partial charge in [-0.15, -0.1) is 0 Å². The van der Waals surface area contributed by atoms with Gasteiger partial charge < -0.3 is 15.2 Å². The van der Waals surface area contributed by atoms with Crippen LogP contribution >= 0.6 is 23.4 Å². The maximum absolute atomic E-state index is 12.4. The number of carboxylic acids is 1. The lowest BCUT2D eigenvalue weighted by atomic mass is 10.1. The van der Waals surface area contributed by atoms with E-state index in [9.17, 15) is 9.59 Å². The van der Waals surface area contributed by atoms with Crippen LogP contribution in [-0.2, 0) is 11.4 Å². The average molecular weight is 465 g/mol. The second-order valence-corrected chi connectivity index (χ2v) is 8.26. The van der Waals surface area contributed by atoms with E-state index in [-0.39, 0.29) is 18.1 Å². The number of ether oxygens (including phenoxy) is 1. The number of carboxylic acid groups (broad SMARTS) is 1. The van der Waals surface area contributed by atoms with Crippen LogP contribution in [0.2, 0.25) is 5.02 Å². The smallest absolute Gasteiger partial charge is 0.335 e. The fourth-order valence-corrected chi connectivity index (χ4v) is 3.92. The highest BCUT2D eigenvalue weighted by Crippen LogP contribution is 2.32. The van der Waals surface area contributed by atoms with Crippen LogP contribution in [0.3, 0.4) is 0 Å². The molecule has 2 N–H and O–H groups in total. The first-order valence-electron chi connectivity index (χ1n) is 9.57. The third-order valence-electron chi connectivity index (χ3n) is 4.49. The van der Waals surface area contributed by atoms with Gasteiger partial charge in [0, 0.05) is 10.6 Å². The van der Waals surface area contributed by atoms with E-state index in [1.807, 2.05) is 30.3 Å². The van der Waals surface area contributed by atoms with Crippen molar-refractivity contribution in [3.8, 4) is 5.75 Å². The fourth-order valence-electron chi connectivity index (χ4n) is 2.91. The van der Waals surface area contributed by atoms with Crippen molar-refractivity contribution in [1.82, 2.24) is 5.32 Å². The van der Waals surface area contributed by atoms with Crippen LogP contribution in [0.4, 0.5) is 5.69 Å². The van der Waals surface area contributed by atoms with Crippen LogP contribution in [0, 0.1) is 0 Å². The van der Waals surface area contributed by atoms with Crippen LogP contribution in [0.5, 0.6) is 5.75 Å². The van der Waals surface area contributed by atoms with Gasteiger partial charge in [0.1, 0.15) is 12.4 Å². The van der Waals surface area contributed by atoms with Gasteiger partial charge in [-0.2, -0.15) is 0 Å². The summed E-state index contributed by atoms with van der Waals surface area (Å²) in [4.78, 5) is 28.3. The predicted molar refractivity (Wildman–Crippen MR) is 126 cm³/mol. The lowest BCUT2D eigenvalue weighted by molar-refractivity contribution is -0.115. The van der Waals surface area contributed by atoms with E-state index in [0.29, 0.717) is 26.4 Å². The number of amidine groups is 1. The minimum absolute atomic E-state index is 0.211. The number of hydrogen-bond donors (Lipinski definition) is 2. The van der Waals surface area contributed by atoms with Gasteiger partial charge in [-0.1, -0.05) is 41.9 Å². The van der Waals surface area contributed by atoms with Crippen molar-refractivity contribution in [2.45, 2.75) is 6.61 Å². The normalized spacial score (nSPS) is 15.7. The number of aliphatic imine (C=N–C) groups is 1. The number of aromatic carboxylic acids is 1. The highest BCUT2D eigenvalue weighted by atomic mass is 35.5. The minimum atomic E-state index is -0.980. The van der Waals surface area contributed by atoms with E-state index in [1.54, 1.807) is 36.4 Å². The second kappa shape index (κ2) is 9.72. The molecule has 1 saturated heterocycles. The molecule has 0 unspecified atom stereocenters. The van der Waals surface area contributed by atoms with E-state index in [0.717, 1.165) is 11.3 Å². The molecule has 4 rings (SSSR count). The number of carbonyl (C=O) groups is 2. The molecule has 3 aromatic carbocycles. The Bertz CT molecular complexity index is 1220. The summed E-state index contributed by atoms with van der Waals surface area (Å²) in [6.07, 6.45) is 1.71. The van der Waals surface area contributed by atoms with E-state index in [4.69, 9.17) is 21.4 Å². The molecule has 8 heteroatoms. The molecule has 0 atom stereocenters. The highest BCUT2D eigenvalue weighted by Gasteiger charge is 2.24. The van der Waals surface area contributed by atoms with Crippen LogP contribution in [-0.4, -0.2) is 22.2 Å². The molecule has 0 saturated carbocycles. The van der Waals surface area contributed by atoms with Gasteiger partial charge in [0.15, 0.2) is 5.17 Å². The molecule has 1 heterocycles. The first-order valence-corrected chi connectivity index (χ1v) is 10.8. The quantitative estimate of drug-likeness (QED) is 0.470. The SMILES string of the molecule is O=C1NC(=Nc2ccccc2)SC1=Cc1cc(Cl)ccc1OCc1ccc(C(=O)O)cc1. The molecular formula is C24H17ClN2O4S. The minimum Gasteiger partial charge on any atom is -0.488 e. The largest absolute Gasteiger partial charge is 0.488 e. The molecule has 0 aliphatic carbocycles. The molecule has 1 fully saturated rings. The molecular weight excluding hydrogens is 448 g/mol. The number of hydrogen-bond acceptors (Lipinski definition) is 5. The molecule has 32 heavy (non-hydrogen) atoms. The summed E-state index contributed by atoms with van der Waals surface area (Å²) in [7, 11) is 0. The topological polar surface area (TPSA) is 88.0 Å². The maximum Gasteiger partial charge on any atom is 0.335 e. The highest BCUT2D eigenvalue weighted by molar-refractivity contribution is 8.18. The summed E-state index contributed by atoms with van der Waals surface area (Å²) in [5.74, 6) is -0.683. The number of para-hydroxylation sites is 1. The number of halogens is 1. The molecule has 0 aromatic heterocycles. The molecule has 160 valence electrons. The van der Waals surface area contributed by atoms with Crippen molar-refractivity contribution >= 4 is 52.2 Å². The zero-order chi connectivity index (χ0) is 22.5. The summed E-state index contributed by atoms with van der Waals surface area (Å²) in [5.41, 5.74) is 2.42. The van der Waals surface area contributed by atoms with Gasteiger partial charge in [0.25, 0.3) is 5.91 Å². The number of thioether (sulfide) groups is 1. The number of carbonyl (C=O) groups excluding carboxylic acids is 1. The molecule has 3 aromatic rings. The Balaban J connectivity index is 1.53. The molecule has 1 aliphatic heterocycles. The van der Waals surface area contributed by atoms with Crippen molar-refractivity contribution in [3.63, 3.8) is 0 Å². The van der Waals surface area contributed by atoms with Crippen LogP contribution in [0.25, 0.3) is 6.08 Å². The predicted octanol–water partition coefficient (Wildman–Crippen LogP) is 5.51. The Kier molecular flexibility index (Phi) is 6.58. The van der Waals surface area contributed by atoms with E-state index in [1.165, 1.54) is 23.9 Å². The van der Waals surface area contributed by atoms with Crippen molar-refractivity contribution in [2.24, 2.45) is 4.99 Å². The Morgan fingerprint density at radius 1 is 1.09 bits per heavy atom. The first kappa shape index (κ1) is 21.7. The lowest BCUT2D eigenvalue weighted by Crippen LogP contribution is -2.19.